The summed E-state index contributed by atoms with van der Waals surface area (Å²) in [4.78, 5) is 0. The van der Waals surface area contributed by atoms with E-state index in [0.717, 1.165) is 6.54 Å². The van der Waals surface area contributed by atoms with Gasteiger partial charge >= 0.3 is 0 Å². The molecule has 12 heavy (non-hydrogen) atoms. The summed E-state index contributed by atoms with van der Waals surface area (Å²) in [5.74, 6) is 0.0480. The molecule has 1 aliphatic rings. The van der Waals surface area contributed by atoms with Crippen molar-refractivity contribution in [1.82, 2.24) is 10.6 Å². The highest BCUT2D eigenvalue weighted by atomic mass is 32.2. The van der Waals surface area contributed by atoms with Crippen LogP contribution in [0.1, 0.15) is 0 Å². The van der Waals surface area contributed by atoms with Crippen LogP contribution in [0, 0.1) is 0 Å². The molecule has 0 aliphatic carbocycles. The van der Waals surface area contributed by atoms with Gasteiger partial charge < -0.3 is 5.32 Å². The summed E-state index contributed by atoms with van der Waals surface area (Å²) in [5, 5.41) is 5.53. The quantitative estimate of drug-likeness (QED) is 0.567. The van der Waals surface area contributed by atoms with Gasteiger partial charge in [-0.2, -0.15) is 0 Å². The van der Waals surface area contributed by atoms with Gasteiger partial charge in [-0.3, -0.25) is 5.32 Å². The van der Waals surface area contributed by atoms with Crippen molar-refractivity contribution in [2.75, 3.05) is 25.4 Å². The summed E-state index contributed by atoms with van der Waals surface area (Å²) in [6, 6.07) is 0. The summed E-state index contributed by atoms with van der Waals surface area (Å²) in [5.41, 5.74) is 0. The number of piperazine rings is 1. The highest BCUT2D eigenvalue weighted by Crippen LogP contribution is 2.00. The van der Waals surface area contributed by atoms with Crippen LogP contribution in [0.4, 0.5) is 0 Å². The lowest BCUT2D eigenvalue weighted by Crippen LogP contribution is -2.52. The zero-order valence-corrected chi connectivity index (χ0v) is 7.73. The van der Waals surface area contributed by atoms with E-state index in [2.05, 4.69) is 17.2 Å². The van der Waals surface area contributed by atoms with Crippen molar-refractivity contribution in [1.29, 1.82) is 0 Å². The van der Waals surface area contributed by atoms with E-state index in [1.807, 2.05) is 0 Å². The molecule has 0 radical (unpaired) electrons. The average molecular weight is 190 g/mol. The van der Waals surface area contributed by atoms with Gasteiger partial charge in [-0.25, -0.2) is 8.42 Å². The van der Waals surface area contributed by atoms with E-state index in [4.69, 9.17) is 0 Å². The fourth-order valence-electron chi connectivity index (χ4n) is 1.16. The van der Waals surface area contributed by atoms with Gasteiger partial charge in [-0.05, 0) is 0 Å². The van der Waals surface area contributed by atoms with Crippen LogP contribution in [0.2, 0.25) is 0 Å². The van der Waals surface area contributed by atoms with Crippen molar-refractivity contribution in [3.05, 3.63) is 12.7 Å². The first kappa shape index (κ1) is 9.70. The molecule has 0 saturated carbocycles. The predicted octanol–water partition coefficient (Wildman–Crippen LogP) is -0.894. The maximum Gasteiger partial charge on any atom is 0.170 e. The molecule has 1 fully saturated rings. The zero-order chi connectivity index (χ0) is 9.03. The third-order valence-electron chi connectivity index (χ3n) is 1.79. The molecule has 70 valence electrons. The lowest BCUT2D eigenvalue weighted by Gasteiger charge is -2.23. The summed E-state index contributed by atoms with van der Waals surface area (Å²) in [6.45, 7) is 5.45. The van der Waals surface area contributed by atoms with Crippen LogP contribution in [0.3, 0.4) is 0 Å². The van der Waals surface area contributed by atoms with E-state index in [0.29, 0.717) is 13.1 Å². The van der Waals surface area contributed by atoms with Crippen LogP contribution in [-0.2, 0) is 9.84 Å². The molecule has 1 aliphatic heterocycles. The van der Waals surface area contributed by atoms with Crippen molar-refractivity contribution in [2.24, 2.45) is 0 Å². The predicted molar refractivity (Wildman–Crippen MR) is 48.6 cm³/mol. The number of nitrogens with one attached hydrogen (secondary N) is 2. The molecule has 1 saturated heterocycles. The van der Waals surface area contributed by atoms with Gasteiger partial charge in [0.25, 0.3) is 0 Å². The Labute approximate surface area is 73.0 Å². The molecule has 0 amide bonds. The first-order valence-corrected chi connectivity index (χ1v) is 5.65. The molecule has 0 aromatic heterocycles. The Morgan fingerprint density at radius 2 is 2.25 bits per heavy atom. The number of rotatable bonds is 3. The van der Waals surface area contributed by atoms with Gasteiger partial charge in [0.05, 0.1) is 5.75 Å². The number of hydrogen-bond donors (Lipinski definition) is 2. The summed E-state index contributed by atoms with van der Waals surface area (Å²) in [6.07, 6.45) is 1.42. The van der Waals surface area contributed by atoms with Crippen molar-refractivity contribution < 1.29 is 8.42 Å². The van der Waals surface area contributed by atoms with E-state index in [-0.39, 0.29) is 5.75 Å². The van der Waals surface area contributed by atoms with E-state index in [1.165, 1.54) is 6.08 Å². The third kappa shape index (κ3) is 2.30. The minimum Gasteiger partial charge on any atom is -0.313 e. The smallest absolute Gasteiger partial charge is 0.170 e. The van der Waals surface area contributed by atoms with Gasteiger partial charge in [0.15, 0.2) is 9.84 Å². The Morgan fingerprint density at radius 1 is 1.50 bits per heavy atom. The topological polar surface area (TPSA) is 58.2 Å². The fraction of sp³-hybridized carbons (Fsp3) is 0.714. The van der Waals surface area contributed by atoms with Crippen LogP contribution in [0.25, 0.3) is 0 Å². The van der Waals surface area contributed by atoms with Crippen molar-refractivity contribution in [3.63, 3.8) is 0 Å². The lowest BCUT2D eigenvalue weighted by molar-refractivity contribution is 0.476. The molecule has 0 aromatic carbocycles. The molecule has 4 nitrogen and oxygen atoms in total. The maximum atomic E-state index is 11.4. The molecule has 1 heterocycles. The maximum absolute atomic E-state index is 11.4. The van der Waals surface area contributed by atoms with Crippen LogP contribution >= 0.6 is 0 Å². The van der Waals surface area contributed by atoms with E-state index in [9.17, 15) is 8.42 Å². The second kappa shape index (κ2) is 4.02. The van der Waals surface area contributed by atoms with Gasteiger partial charge in [0, 0.05) is 19.6 Å². The van der Waals surface area contributed by atoms with Gasteiger partial charge in [-0.1, -0.05) is 6.08 Å². The van der Waals surface area contributed by atoms with Gasteiger partial charge in [-0.15, -0.1) is 6.58 Å². The minimum absolute atomic E-state index is 0.0480. The lowest BCUT2D eigenvalue weighted by atomic mass is 10.4. The third-order valence-corrected chi connectivity index (χ3v) is 3.69. The molecule has 2 N–H and O–H groups in total. The standard InChI is InChI=1S/C7H14N2O2S/c1-2-5-12(10,11)7-6-8-3-4-9-7/h2,7-9H,1,3-6H2. The second-order valence-corrected chi connectivity index (χ2v) is 4.99. The second-order valence-electron chi connectivity index (χ2n) is 2.77. The molecule has 0 bridgehead atoms. The first-order chi connectivity index (χ1) is 5.67. The van der Waals surface area contributed by atoms with E-state index >= 15 is 0 Å². The minimum atomic E-state index is -3.03. The van der Waals surface area contributed by atoms with E-state index in [1.54, 1.807) is 0 Å². The van der Waals surface area contributed by atoms with Crippen LogP contribution in [0.5, 0.6) is 0 Å². The number of hydrogen-bond acceptors (Lipinski definition) is 4. The van der Waals surface area contributed by atoms with Gasteiger partial charge in [0.2, 0.25) is 0 Å². The van der Waals surface area contributed by atoms with E-state index < -0.39 is 15.2 Å². The Hall–Kier alpha value is -0.390. The highest BCUT2D eigenvalue weighted by Gasteiger charge is 2.24. The van der Waals surface area contributed by atoms with Gasteiger partial charge in [0.1, 0.15) is 5.37 Å². The Balaban J connectivity index is 2.60. The van der Waals surface area contributed by atoms with Crippen LogP contribution < -0.4 is 10.6 Å². The fourth-order valence-corrected chi connectivity index (χ4v) is 2.47. The van der Waals surface area contributed by atoms with Crippen LogP contribution in [-0.4, -0.2) is 39.2 Å². The molecule has 0 aromatic rings. The molecule has 1 rings (SSSR count). The molecular formula is C7H14N2O2S. The molecule has 1 unspecified atom stereocenters. The van der Waals surface area contributed by atoms with Crippen molar-refractivity contribution >= 4 is 9.84 Å². The van der Waals surface area contributed by atoms with Crippen molar-refractivity contribution in [2.45, 2.75) is 5.37 Å². The highest BCUT2D eigenvalue weighted by molar-refractivity contribution is 7.92. The average Bonchev–Trinajstić information content (AvgIpc) is 2.06. The summed E-state index contributed by atoms with van der Waals surface area (Å²) < 4.78 is 22.8. The Bertz CT molecular complexity index is 242. The Morgan fingerprint density at radius 3 is 2.75 bits per heavy atom. The molecule has 1 atom stereocenters. The van der Waals surface area contributed by atoms with Crippen molar-refractivity contribution in [3.8, 4) is 0 Å². The zero-order valence-electron chi connectivity index (χ0n) is 6.91. The molecular weight excluding hydrogens is 176 g/mol. The molecule has 5 heteroatoms. The SMILES string of the molecule is C=CCS(=O)(=O)C1CNCCN1. The summed E-state index contributed by atoms with van der Waals surface area (Å²) in [7, 11) is -3.03. The number of sulfone groups is 1. The Kier molecular flexibility index (Phi) is 3.25. The first-order valence-electron chi connectivity index (χ1n) is 3.93. The monoisotopic (exact) mass is 190 g/mol. The normalized spacial score (nSPS) is 25.2. The summed E-state index contributed by atoms with van der Waals surface area (Å²) >= 11 is 0. The largest absolute Gasteiger partial charge is 0.313 e. The van der Waals surface area contributed by atoms with Crippen LogP contribution in [0.15, 0.2) is 12.7 Å². The molecule has 0 spiro atoms.